The van der Waals surface area contributed by atoms with E-state index in [2.05, 4.69) is 41.5 Å². The fourth-order valence-electron chi connectivity index (χ4n) is 4.89. The van der Waals surface area contributed by atoms with Gasteiger partial charge in [0.15, 0.2) is 0 Å². The van der Waals surface area contributed by atoms with E-state index in [9.17, 15) is 0 Å². The Morgan fingerprint density at radius 2 is 1.56 bits per heavy atom. The van der Waals surface area contributed by atoms with Crippen LogP contribution in [0.1, 0.15) is 73.6 Å². The van der Waals surface area contributed by atoms with Gasteiger partial charge in [0.1, 0.15) is 12.2 Å². The van der Waals surface area contributed by atoms with Crippen molar-refractivity contribution in [1.82, 2.24) is 0 Å². The third-order valence-electron chi connectivity index (χ3n) is 7.73. The number of rotatable bonds is 11. The summed E-state index contributed by atoms with van der Waals surface area (Å²) in [6.07, 6.45) is 7.43. The first-order chi connectivity index (χ1) is 12.8. The van der Waals surface area contributed by atoms with Crippen LogP contribution < -0.4 is 0 Å². The number of epoxide rings is 2. The van der Waals surface area contributed by atoms with Gasteiger partial charge >= 0.3 is 0 Å². The average Bonchev–Trinajstić information content (AvgIpc) is 3.54. The molecule has 4 nitrogen and oxygen atoms in total. The Morgan fingerprint density at radius 1 is 0.963 bits per heavy atom. The van der Waals surface area contributed by atoms with Gasteiger partial charge in [-0.3, -0.25) is 0 Å². The van der Waals surface area contributed by atoms with Gasteiger partial charge in [-0.1, -0.05) is 54.4 Å². The molecular weight excluding hydrogens is 340 g/mol. The molecule has 0 radical (unpaired) electrons. The molecule has 4 heteroatoms. The second-order valence-electron chi connectivity index (χ2n) is 10.4. The minimum Gasteiger partial charge on any atom is -0.375 e. The molecule has 1 saturated carbocycles. The summed E-state index contributed by atoms with van der Waals surface area (Å²) in [4.78, 5) is 0. The second kappa shape index (κ2) is 8.69. The van der Waals surface area contributed by atoms with Crippen molar-refractivity contribution in [3.63, 3.8) is 0 Å². The first-order valence-corrected chi connectivity index (χ1v) is 11.2. The lowest BCUT2D eigenvalue weighted by Gasteiger charge is -2.50. The summed E-state index contributed by atoms with van der Waals surface area (Å²) in [6.45, 7) is 17.6. The lowest BCUT2D eigenvalue weighted by molar-refractivity contribution is -0.131. The largest absolute Gasteiger partial charge is 0.375 e. The molecule has 3 aliphatic rings. The zero-order chi connectivity index (χ0) is 19.7. The Kier molecular flexibility index (Phi) is 6.93. The van der Waals surface area contributed by atoms with Gasteiger partial charge in [0.05, 0.1) is 38.6 Å². The van der Waals surface area contributed by atoms with Crippen LogP contribution >= 0.6 is 0 Å². The lowest BCUT2D eigenvalue weighted by atomic mass is 9.59. The van der Waals surface area contributed by atoms with E-state index in [4.69, 9.17) is 18.9 Å². The Bertz CT molecular complexity index is 467. The Labute approximate surface area is 166 Å². The highest BCUT2D eigenvalue weighted by Crippen LogP contribution is 2.49. The SMILES string of the molecule is CCC(C)(C)C(OCC1CO1)C(C)C(C)(C)C1CCCCC1OCC1CO1. The second-order valence-corrected chi connectivity index (χ2v) is 10.4. The van der Waals surface area contributed by atoms with E-state index in [1.807, 2.05) is 0 Å². The van der Waals surface area contributed by atoms with Crippen molar-refractivity contribution in [1.29, 1.82) is 0 Å². The van der Waals surface area contributed by atoms with Gasteiger partial charge in [-0.25, -0.2) is 0 Å². The van der Waals surface area contributed by atoms with Crippen molar-refractivity contribution >= 4 is 0 Å². The highest BCUT2D eigenvalue weighted by Gasteiger charge is 2.47. The highest BCUT2D eigenvalue weighted by atomic mass is 16.6. The molecular formula is C23H42O4. The van der Waals surface area contributed by atoms with Gasteiger partial charge in [0.2, 0.25) is 0 Å². The van der Waals surface area contributed by atoms with Crippen LogP contribution in [-0.4, -0.2) is 50.8 Å². The van der Waals surface area contributed by atoms with E-state index in [1.165, 1.54) is 25.7 Å². The van der Waals surface area contributed by atoms with Crippen LogP contribution in [-0.2, 0) is 18.9 Å². The van der Waals surface area contributed by atoms with Crippen LogP contribution in [0.2, 0.25) is 0 Å². The predicted octanol–water partition coefficient (Wildman–Crippen LogP) is 4.84. The monoisotopic (exact) mass is 382 g/mol. The van der Waals surface area contributed by atoms with E-state index in [0.717, 1.165) is 32.8 Å². The standard InChI is InChI=1S/C23H42O4/c1-7-22(3,4)21(27-15-18-13-25-18)16(2)23(5,6)19-10-8-9-11-20(19)26-14-17-12-24-17/h16-21H,7-15H2,1-6H3. The molecule has 2 heterocycles. The summed E-state index contributed by atoms with van der Waals surface area (Å²) in [6, 6.07) is 0. The molecule has 0 aromatic rings. The fraction of sp³-hybridized carbons (Fsp3) is 1.00. The van der Waals surface area contributed by atoms with Crippen LogP contribution in [0.3, 0.4) is 0 Å². The summed E-state index contributed by atoms with van der Waals surface area (Å²) >= 11 is 0. The van der Waals surface area contributed by atoms with E-state index < -0.39 is 0 Å². The third-order valence-corrected chi connectivity index (χ3v) is 7.73. The smallest absolute Gasteiger partial charge is 0.104 e. The van der Waals surface area contributed by atoms with Crippen LogP contribution in [0.5, 0.6) is 0 Å². The molecule has 6 atom stereocenters. The topological polar surface area (TPSA) is 43.5 Å². The van der Waals surface area contributed by atoms with Gasteiger partial charge in [0, 0.05) is 0 Å². The quantitative estimate of drug-likeness (QED) is 0.480. The van der Waals surface area contributed by atoms with Crippen molar-refractivity contribution in [2.45, 2.75) is 98.1 Å². The molecule has 0 bridgehead atoms. The van der Waals surface area contributed by atoms with Crippen molar-refractivity contribution in [3.05, 3.63) is 0 Å². The molecule has 0 aromatic heterocycles. The van der Waals surface area contributed by atoms with E-state index >= 15 is 0 Å². The first-order valence-electron chi connectivity index (χ1n) is 11.2. The minimum absolute atomic E-state index is 0.151. The maximum atomic E-state index is 6.52. The van der Waals surface area contributed by atoms with Gasteiger partial charge in [-0.15, -0.1) is 0 Å². The van der Waals surface area contributed by atoms with Crippen LogP contribution in [0.4, 0.5) is 0 Å². The van der Waals surface area contributed by atoms with Crippen LogP contribution in [0.15, 0.2) is 0 Å². The molecule has 2 saturated heterocycles. The zero-order valence-electron chi connectivity index (χ0n) is 18.5. The molecule has 0 N–H and O–H groups in total. The van der Waals surface area contributed by atoms with E-state index in [1.54, 1.807) is 0 Å². The summed E-state index contributed by atoms with van der Waals surface area (Å²) in [5, 5.41) is 0. The van der Waals surface area contributed by atoms with Gasteiger partial charge < -0.3 is 18.9 Å². The molecule has 3 rings (SSSR count). The molecule has 3 fully saturated rings. The van der Waals surface area contributed by atoms with Gasteiger partial charge in [0.25, 0.3) is 0 Å². The zero-order valence-corrected chi connectivity index (χ0v) is 18.5. The number of ether oxygens (including phenoxy) is 4. The molecule has 6 unspecified atom stereocenters. The maximum absolute atomic E-state index is 6.52. The van der Waals surface area contributed by atoms with Gasteiger partial charge in [-0.2, -0.15) is 0 Å². The van der Waals surface area contributed by atoms with Crippen LogP contribution in [0.25, 0.3) is 0 Å². The third kappa shape index (κ3) is 5.46. The van der Waals surface area contributed by atoms with Crippen molar-refractivity contribution in [2.24, 2.45) is 22.7 Å². The summed E-state index contributed by atoms with van der Waals surface area (Å²) in [5.74, 6) is 1.04. The molecule has 0 spiro atoms. The van der Waals surface area contributed by atoms with E-state index in [0.29, 0.717) is 30.1 Å². The normalized spacial score (nSPS) is 33.6. The Hall–Kier alpha value is -0.160. The minimum atomic E-state index is 0.151. The molecule has 158 valence electrons. The Morgan fingerprint density at radius 3 is 2.15 bits per heavy atom. The first kappa shape index (κ1) is 21.5. The molecule has 1 aliphatic carbocycles. The number of hydrogen-bond acceptors (Lipinski definition) is 4. The maximum Gasteiger partial charge on any atom is 0.104 e. The van der Waals surface area contributed by atoms with Crippen molar-refractivity contribution in [2.75, 3.05) is 26.4 Å². The summed E-state index contributed by atoms with van der Waals surface area (Å²) in [7, 11) is 0. The molecule has 27 heavy (non-hydrogen) atoms. The predicted molar refractivity (Wildman–Crippen MR) is 108 cm³/mol. The lowest BCUT2D eigenvalue weighted by Crippen LogP contribution is -2.50. The summed E-state index contributed by atoms with van der Waals surface area (Å²) in [5.41, 5.74) is 0.315. The molecule has 0 amide bonds. The van der Waals surface area contributed by atoms with Gasteiger partial charge in [-0.05, 0) is 41.9 Å². The van der Waals surface area contributed by atoms with Crippen LogP contribution in [0, 0.1) is 22.7 Å². The number of hydrogen-bond donors (Lipinski definition) is 0. The van der Waals surface area contributed by atoms with Crippen molar-refractivity contribution in [3.8, 4) is 0 Å². The average molecular weight is 383 g/mol. The summed E-state index contributed by atoms with van der Waals surface area (Å²) < 4.78 is 23.7. The molecule has 0 aromatic carbocycles. The highest BCUT2D eigenvalue weighted by molar-refractivity contribution is 4.96. The fourth-order valence-corrected chi connectivity index (χ4v) is 4.89. The van der Waals surface area contributed by atoms with E-state index in [-0.39, 0.29) is 16.9 Å². The van der Waals surface area contributed by atoms with Crippen molar-refractivity contribution < 1.29 is 18.9 Å². The molecule has 2 aliphatic heterocycles. The Balaban J connectivity index is 1.70.